The number of hydrogen-bond donors (Lipinski definition) is 2. The van der Waals surface area contributed by atoms with E-state index < -0.39 is 0 Å². The largest absolute Gasteiger partial charge is 0.373 e. The van der Waals surface area contributed by atoms with Crippen molar-refractivity contribution in [3.05, 3.63) is 58.1 Å². The van der Waals surface area contributed by atoms with Gasteiger partial charge in [-0.15, -0.1) is 0 Å². The SMILES string of the molecule is Cc1cc(Br)cc(NC(=O)[C@@H]2Cc3ccccc3N2)c1. The Morgan fingerprint density at radius 2 is 2.10 bits per heavy atom. The molecule has 0 aliphatic carbocycles. The zero-order valence-electron chi connectivity index (χ0n) is 11.1. The van der Waals surface area contributed by atoms with Crippen LogP contribution < -0.4 is 10.6 Å². The topological polar surface area (TPSA) is 41.1 Å². The highest BCUT2D eigenvalue weighted by Crippen LogP contribution is 2.26. The molecule has 0 bridgehead atoms. The van der Waals surface area contributed by atoms with E-state index >= 15 is 0 Å². The Morgan fingerprint density at radius 1 is 1.30 bits per heavy atom. The van der Waals surface area contributed by atoms with Crippen LogP contribution in [0.25, 0.3) is 0 Å². The van der Waals surface area contributed by atoms with Gasteiger partial charge >= 0.3 is 0 Å². The van der Waals surface area contributed by atoms with Gasteiger partial charge in [0.2, 0.25) is 5.91 Å². The van der Waals surface area contributed by atoms with Crippen LogP contribution in [0.15, 0.2) is 46.9 Å². The molecule has 0 radical (unpaired) electrons. The lowest BCUT2D eigenvalue weighted by atomic mass is 10.1. The quantitative estimate of drug-likeness (QED) is 0.880. The van der Waals surface area contributed by atoms with Gasteiger partial charge in [0.25, 0.3) is 0 Å². The van der Waals surface area contributed by atoms with Gasteiger partial charge in [-0.1, -0.05) is 34.1 Å². The second-order valence-corrected chi connectivity index (χ2v) is 5.98. The van der Waals surface area contributed by atoms with Crippen molar-refractivity contribution in [2.24, 2.45) is 0 Å². The van der Waals surface area contributed by atoms with Crippen LogP contribution in [0, 0.1) is 6.92 Å². The number of anilines is 2. The number of carbonyl (C=O) groups excluding carboxylic acids is 1. The number of para-hydroxylation sites is 1. The lowest BCUT2D eigenvalue weighted by Gasteiger charge is -2.12. The number of rotatable bonds is 2. The second-order valence-electron chi connectivity index (χ2n) is 5.06. The van der Waals surface area contributed by atoms with E-state index in [9.17, 15) is 4.79 Å². The predicted octanol–water partition coefficient (Wildman–Crippen LogP) is 3.73. The molecule has 102 valence electrons. The minimum atomic E-state index is -0.202. The number of amides is 1. The van der Waals surface area contributed by atoms with Gasteiger partial charge in [-0.25, -0.2) is 0 Å². The fourth-order valence-electron chi connectivity index (χ4n) is 2.49. The van der Waals surface area contributed by atoms with Crippen LogP contribution in [-0.2, 0) is 11.2 Å². The minimum absolute atomic E-state index is 0.00120. The van der Waals surface area contributed by atoms with Crippen molar-refractivity contribution in [3.8, 4) is 0 Å². The molecule has 2 aromatic carbocycles. The molecule has 0 unspecified atom stereocenters. The highest BCUT2D eigenvalue weighted by Gasteiger charge is 2.26. The van der Waals surface area contributed by atoms with Gasteiger partial charge in [-0.3, -0.25) is 4.79 Å². The zero-order valence-corrected chi connectivity index (χ0v) is 12.7. The fourth-order valence-corrected chi connectivity index (χ4v) is 3.10. The van der Waals surface area contributed by atoms with Crippen molar-refractivity contribution in [1.82, 2.24) is 0 Å². The first-order valence-electron chi connectivity index (χ1n) is 6.54. The summed E-state index contributed by atoms with van der Waals surface area (Å²) in [7, 11) is 0. The van der Waals surface area contributed by atoms with E-state index in [1.54, 1.807) is 0 Å². The van der Waals surface area contributed by atoms with Crippen LogP contribution in [0.2, 0.25) is 0 Å². The summed E-state index contributed by atoms with van der Waals surface area (Å²) >= 11 is 3.44. The molecule has 1 aliphatic heterocycles. The Hall–Kier alpha value is -1.81. The van der Waals surface area contributed by atoms with Crippen LogP contribution in [0.1, 0.15) is 11.1 Å². The zero-order chi connectivity index (χ0) is 14.1. The summed E-state index contributed by atoms with van der Waals surface area (Å²) in [5.41, 5.74) is 4.17. The number of halogens is 1. The molecule has 20 heavy (non-hydrogen) atoms. The van der Waals surface area contributed by atoms with Crippen LogP contribution >= 0.6 is 15.9 Å². The van der Waals surface area contributed by atoms with Crippen molar-refractivity contribution >= 4 is 33.2 Å². The molecule has 3 rings (SSSR count). The van der Waals surface area contributed by atoms with E-state index in [0.717, 1.165) is 27.8 Å². The molecule has 1 amide bonds. The average molecular weight is 331 g/mol. The standard InChI is InChI=1S/C16H15BrN2O/c1-10-6-12(17)9-13(7-10)18-16(20)15-8-11-4-2-3-5-14(11)19-15/h2-7,9,15,19H,8H2,1H3,(H,18,20)/t15-/m0/s1. The summed E-state index contributed by atoms with van der Waals surface area (Å²) in [6.45, 7) is 2.00. The van der Waals surface area contributed by atoms with Gasteiger partial charge in [-0.05, 0) is 42.3 Å². The molecule has 0 fully saturated rings. The number of hydrogen-bond acceptors (Lipinski definition) is 2. The van der Waals surface area contributed by atoms with E-state index in [4.69, 9.17) is 0 Å². The number of carbonyl (C=O) groups is 1. The molecule has 1 aliphatic rings. The molecular formula is C16H15BrN2O. The Balaban J connectivity index is 1.72. The molecule has 4 heteroatoms. The summed E-state index contributed by atoms with van der Waals surface area (Å²) in [6.07, 6.45) is 0.731. The fraction of sp³-hybridized carbons (Fsp3) is 0.188. The van der Waals surface area contributed by atoms with E-state index in [-0.39, 0.29) is 11.9 Å². The number of benzene rings is 2. The van der Waals surface area contributed by atoms with Crippen molar-refractivity contribution in [3.63, 3.8) is 0 Å². The third-order valence-corrected chi connectivity index (χ3v) is 3.86. The molecule has 3 nitrogen and oxygen atoms in total. The Morgan fingerprint density at radius 3 is 2.85 bits per heavy atom. The smallest absolute Gasteiger partial charge is 0.247 e. The summed E-state index contributed by atoms with van der Waals surface area (Å²) in [6, 6.07) is 13.7. The lowest BCUT2D eigenvalue weighted by Crippen LogP contribution is -2.32. The van der Waals surface area contributed by atoms with Crippen LogP contribution in [-0.4, -0.2) is 11.9 Å². The van der Waals surface area contributed by atoms with Gasteiger partial charge in [0.1, 0.15) is 6.04 Å². The lowest BCUT2D eigenvalue weighted by molar-refractivity contribution is -0.116. The second kappa shape index (κ2) is 5.29. The summed E-state index contributed by atoms with van der Waals surface area (Å²) in [5.74, 6) is -0.00120. The first-order chi connectivity index (χ1) is 9.61. The van der Waals surface area contributed by atoms with Crippen molar-refractivity contribution in [2.45, 2.75) is 19.4 Å². The third kappa shape index (κ3) is 2.70. The number of nitrogens with one attached hydrogen (secondary N) is 2. The van der Waals surface area contributed by atoms with E-state index in [1.165, 1.54) is 5.56 Å². The average Bonchev–Trinajstić information content (AvgIpc) is 2.81. The van der Waals surface area contributed by atoms with Crippen molar-refractivity contribution in [1.29, 1.82) is 0 Å². The molecule has 1 atom stereocenters. The number of aryl methyl sites for hydroxylation is 1. The van der Waals surface area contributed by atoms with E-state index in [2.05, 4.69) is 32.6 Å². The monoisotopic (exact) mass is 330 g/mol. The van der Waals surface area contributed by atoms with Gasteiger partial charge in [0.05, 0.1) is 0 Å². The predicted molar refractivity (Wildman–Crippen MR) is 85.1 cm³/mol. The Labute approximate surface area is 126 Å². The molecule has 2 N–H and O–H groups in total. The molecule has 2 aromatic rings. The van der Waals surface area contributed by atoms with Crippen molar-refractivity contribution < 1.29 is 4.79 Å². The maximum atomic E-state index is 12.3. The highest BCUT2D eigenvalue weighted by molar-refractivity contribution is 9.10. The van der Waals surface area contributed by atoms with Gasteiger partial charge < -0.3 is 10.6 Å². The van der Waals surface area contributed by atoms with E-state index in [0.29, 0.717) is 0 Å². The molecule has 0 aromatic heterocycles. The summed E-state index contributed by atoms with van der Waals surface area (Å²) < 4.78 is 0.968. The molecule has 0 saturated carbocycles. The minimum Gasteiger partial charge on any atom is -0.373 e. The Bertz CT molecular complexity index is 624. The van der Waals surface area contributed by atoms with Gasteiger partial charge in [0, 0.05) is 22.3 Å². The number of fused-ring (bicyclic) bond motifs is 1. The third-order valence-electron chi connectivity index (χ3n) is 3.40. The van der Waals surface area contributed by atoms with E-state index in [1.807, 2.05) is 43.3 Å². The maximum Gasteiger partial charge on any atom is 0.247 e. The van der Waals surface area contributed by atoms with Crippen LogP contribution in [0.5, 0.6) is 0 Å². The molecule has 0 saturated heterocycles. The normalized spacial score (nSPS) is 16.4. The van der Waals surface area contributed by atoms with Gasteiger partial charge in [0.15, 0.2) is 0 Å². The summed E-state index contributed by atoms with van der Waals surface area (Å²) in [5, 5.41) is 6.23. The van der Waals surface area contributed by atoms with Gasteiger partial charge in [-0.2, -0.15) is 0 Å². The summed E-state index contributed by atoms with van der Waals surface area (Å²) in [4.78, 5) is 12.3. The first kappa shape index (κ1) is 13.2. The highest BCUT2D eigenvalue weighted by atomic mass is 79.9. The maximum absolute atomic E-state index is 12.3. The molecular weight excluding hydrogens is 316 g/mol. The Kier molecular flexibility index (Phi) is 3.49. The van der Waals surface area contributed by atoms with Crippen LogP contribution in [0.3, 0.4) is 0 Å². The van der Waals surface area contributed by atoms with Crippen LogP contribution in [0.4, 0.5) is 11.4 Å². The molecule has 1 heterocycles. The first-order valence-corrected chi connectivity index (χ1v) is 7.33. The van der Waals surface area contributed by atoms with Crippen molar-refractivity contribution in [2.75, 3.05) is 10.6 Å². The molecule has 0 spiro atoms.